The molecule has 0 saturated carbocycles. The van der Waals surface area contributed by atoms with Crippen molar-refractivity contribution in [1.29, 1.82) is 0 Å². The summed E-state index contributed by atoms with van der Waals surface area (Å²) >= 11 is 1.15. The van der Waals surface area contributed by atoms with Crippen LogP contribution in [0, 0.1) is 0 Å². The van der Waals surface area contributed by atoms with Gasteiger partial charge in [0, 0.05) is 6.42 Å². The molecule has 2 heterocycles. The van der Waals surface area contributed by atoms with Crippen molar-refractivity contribution >= 4 is 11.8 Å². The zero-order valence-electron chi connectivity index (χ0n) is 14.7. The summed E-state index contributed by atoms with van der Waals surface area (Å²) in [6, 6.07) is 8.90. The Labute approximate surface area is 159 Å². The van der Waals surface area contributed by atoms with Crippen LogP contribution in [0.25, 0.3) is 11.3 Å². The van der Waals surface area contributed by atoms with E-state index in [-0.39, 0.29) is 10.9 Å². The molecule has 5 nitrogen and oxygen atoms in total. The molecule has 0 saturated heterocycles. The molecule has 0 aliphatic carbocycles. The number of aromatic nitrogens is 4. The normalized spacial score (nSPS) is 11.9. The monoisotopic (exact) mass is 396 g/mol. The number of halogens is 3. The lowest BCUT2D eigenvalue weighted by Crippen LogP contribution is -2.19. The molecule has 0 bridgehead atoms. The second-order valence-electron chi connectivity index (χ2n) is 5.99. The number of rotatable bonds is 8. The van der Waals surface area contributed by atoms with E-state index in [0.29, 0.717) is 23.0 Å². The van der Waals surface area contributed by atoms with E-state index in [9.17, 15) is 13.2 Å². The Morgan fingerprint density at radius 1 is 1.19 bits per heavy atom. The molecule has 3 aromatic rings. The Morgan fingerprint density at radius 2 is 1.96 bits per heavy atom. The van der Waals surface area contributed by atoms with E-state index in [0.717, 1.165) is 31.0 Å². The molecule has 2 aromatic heterocycles. The number of thioether (sulfide) groups is 1. The highest BCUT2D eigenvalue weighted by molar-refractivity contribution is 7.98. The highest BCUT2D eigenvalue weighted by Gasteiger charge is 2.31. The standard InChI is InChI=1S/C18H19F3N4OS/c1-2-3-9-15-23-16(26-24-15)11-27-17-22-10-14(13-7-5-4-6-8-13)25(17)12-18(19,20)21/h4-8,10H,2-3,9,11-12H2,1H3. The van der Waals surface area contributed by atoms with Gasteiger partial charge >= 0.3 is 6.18 Å². The molecule has 144 valence electrons. The molecule has 0 radical (unpaired) electrons. The van der Waals surface area contributed by atoms with Gasteiger partial charge in [-0.15, -0.1) is 0 Å². The van der Waals surface area contributed by atoms with E-state index in [1.807, 2.05) is 6.07 Å². The molecule has 0 fully saturated rings. The molecule has 0 aliphatic heterocycles. The predicted octanol–water partition coefficient (Wildman–Crippen LogP) is 5.13. The molecular formula is C18H19F3N4OS. The number of nitrogens with zero attached hydrogens (tertiary/aromatic N) is 4. The third-order valence-corrected chi connectivity index (χ3v) is 4.79. The molecule has 0 N–H and O–H groups in total. The maximum Gasteiger partial charge on any atom is 0.406 e. The number of hydrogen-bond acceptors (Lipinski definition) is 5. The van der Waals surface area contributed by atoms with Crippen LogP contribution in [0.5, 0.6) is 0 Å². The van der Waals surface area contributed by atoms with Crippen LogP contribution in [-0.4, -0.2) is 25.9 Å². The first-order valence-corrected chi connectivity index (χ1v) is 9.57. The van der Waals surface area contributed by atoms with Crippen LogP contribution >= 0.6 is 11.8 Å². The first-order valence-electron chi connectivity index (χ1n) is 8.58. The van der Waals surface area contributed by atoms with E-state index < -0.39 is 12.7 Å². The first-order chi connectivity index (χ1) is 13.0. The van der Waals surface area contributed by atoms with E-state index in [1.54, 1.807) is 24.3 Å². The van der Waals surface area contributed by atoms with E-state index in [1.165, 1.54) is 10.8 Å². The van der Waals surface area contributed by atoms with E-state index in [2.05, 4.69) is 22.0 Å². The summed E-state index contributed by atoms with van der Waals surface area (Å²) < 4.78 is 45.6. The van der Waals surface area contributed by atoms with Gasteiger partial charge in [-0.2, -0.15) is 18.2 Å². The molecular weight excluding hydrogens is 377 g/mol. The van der Waals surface area contributed by atoms with Crippen LogP contribution in [0.2, 0.25) is 0 Å². The van der Waals surface area contributed by atoms with Gasteiger partial charge in [-0.25, -0.2) is 4.98 Å². The van der Waals surface area contributed by atoms with E-state index in [4.69, 9.17) is 4.52 Å². The molecule has 3 rings (SSSR count). The minimum Gasteiger partial charge on any atom is -0.338 e. The molecule has 9 heteroatoms. The predicted molar refractivity (Wildman–Crippen MR) is 96.2 cm³/mol. The van der Waals surface area contributed by atoms with Crippen LogP contribution < -0.4 is 0 Å². The lowest BCUT2D eigenvalue weighted by atomic mass is 10.2. The zero-order chi connectivity index (χ0) is 19.3. The first kappa shape index (κ1) is 19.5. The van der Waals surface area contributed by atoms with Gasteiger partial charge in [0.1, 0.15) is 6.54 Å². The summed E-state index contributed by atoms with van der Waals surface area (Å²) in [5.41, 5.74) is 1.10. The van der Waals surface area contributed by atoms with Crippen molar-refractivity contribution in [3.05, 3.63) is 48.2 Å². The molecule has 0 atom stereocenters. The smallest absolute Gasteiger partial charge is 0.338 e. The zero-order valence-corrected chi connectivity index (χ0v) is 15.6. The fraction of sp³-hybridized carbons (Fsp3) is 0.389. The van der Waals surface area contributed by atoms with E-state index >= 15 is 0 Å². The average Bonchev–Trinajstić information content (AvgIpc) is 3.24. The van der Waals surface area contributed by atoms with Gasteiger partial charge in [-0.1, -0.05) is 60.6 Å². The quantitative estimate of drug-likeness (QED) is 0.494. The molecule has 27 heavy (non-hydrogen) atoms. The maximum absolute atomic E-state index is 13.1. The van der Waals surface area contributed by atoms with Gasteiger partial charge < -0.3 is 9.09 Å². The second-order valence-corrected chi connectivity index (χ2v) is 6.93. The van der Waals surface area contributed by atoms with Crippen molar-refractivity contribution in [2.24, 2.45) is 0 Å². The lowest BCUT2D eigenvalue weighted by molar-refractivity contribution is -0.141. The maximum atomic E-state index is 13.1. The number of aryl methyl sites for hydroxylation is 1. The van der Waals surface area contributed by atoms with Crippen molar-refractivity contribution in [1.82, 2.24) is 19.7 Å². The van der Waals surface area contributed by atoms with Crippen molar-refractivity contribution in [3.8, 4) is 11.3 Å². The molecule has 0 unspecified atom stereocenters. The molecule has 0 amide bonds. The van der Waals surface area contributed by atoms with Crippen molar-refractivity contribution in [2.75, 3.05) is 0 Å². The second kappa shape index (κ2) is 8.60. The Bertz CT molecular complexity index is 861. The van der Waals surface area contributed by atoms with Gasteiger partial charge in [0.25, 0.3) is 0 Å². The van der Waals surface area contributed by atoms with Crippen molar-refractivity contribution in [2.45, 2.75) is 49.8 Å². The van der Waals surface area contributed by atoms with Gasteiger partial charge in [-0.3, -0.25) is 0 Å². The summed E-state index contributed by atoms with van der Waals surface area (Å²) in [6.45, 7) is 0.965. The van der Waals surface area contributed by atoms with Crippen LogP contribution in [0.4, 0.5) is 13.2 Å². The van der Waals surface area contributed by atoms with Gasteiger partial charge in [0.2, 0.25) is 5.89 Å². The summed E-state index contributed by atoms with van der Waals surface area (Å²) in [6.07, 6.45) is -0.176. The Kier molecular flexibility index (Phi) is 6.20. The lowest BCUT2D eigenvalue weighted by Gasteiger charge is -2.13. The van der Waals surface area contributed by atoms with Crippen LogP contribution in [0.1, 0.15) is 31.5 Å². The minimum absolute atomic E-state index is 0.263. The van der Waals surface area contributed by atoms with Crippen molar-refractivity contribution < 1.29 is 17.7 Å². The number of hydrogen-bond donors (Lipinski definition) is 0. The summed E-state index contributed by atoms with van der Waals surface area (Å²) in [5.74, 6) is 1.27. The highest BCUT2D eigenvalue weighted by Crippen LogP contribution is 2.31. The number of benzene rings is 1. The van der Waals surface area contributed by atoms with Crippen LogP contribution in [0.3, 0.4) is 0 Å². The fourth-order valence-electron chi connectivity index (χ4n) is 2.56. The highest BCUT2D eigenvalue weighted by atomic mass is 32.2. The van der Waals surface area contributed by atoms with Crippen LogP contribution in [-0.2, 0) is 18.7 Å². The molecule has 0 spiro atoms. The molecule has 1 aromatic carbocycles. The third-order valence-electron chi connectivity index (χ3n) is 3.81. The van der Waals surface area contributed by atoms with Gasteiger partial charge in [-0.05, 0) is 12.0 Å². The Balaban J connectivity index is 1.78. The number of unbranched alkanes of at least 4 members (excludes halogenated alkanes) is 1. The van der Waals surface area contributed by atoms with Gasteiger partial charge in [0.05, 0.1) is 17.6 Å². The minimum atomic E-state index is -4.35. The summed E-state index contributed by atoms with van der Waals surface area (Å²) in [5, 5.41) is 4.16. The van der Waals surface area contributed by atoms with Gasteiger partial charge in [0.15, 0.2) is 11.0 Å². The molecule has 0 aliphatic rings. The van der Waals surface area contributed by atoms with Crippen LogP contribution in [0.15, 0.2) is 46.2 Å². The largest absolute Gasteiger partial charge is 0.406 e. The van der Waals surface area contributed by atoms with Crippen molar-refractivity contribution in [3.63, 3.8) is 0 Å². The SMILES string of the molecule is CCCCc1noc(CSc2ncc(-c3ccccc3)n2CC(F)(F)F)n1. The average molecular weight is 396 g/mol. The third kappa shape index (κ3) is 5.35. The number of imidazole rings is 1. The summed E-state index contributed by atoms with van der Waals surface area (Å²) in [4.78, 5) is 8.46. The topological polar surface area (TPSA) is 56.7 Å². The number of alkyl halides is 3. The fourth-order valence-corrected chi connectivity index (χ4v) is 3.37. The Morgan fingerprint density at radius 3 is 2.67 bits per heavy atom. The Hall–Kier alpha value is -2.29. The summed E-state index contributed by atoms with van der Waals surface area (Å²) in [7, 11) is 0.